The summed E-state index contributed by atoms with van der Waals surface area (Å²) in [5.41, 5.74) is 3.71. The molecule has 134 valence electrons. The zero-order valence-electron chi connectivity index (χ0n) is 15.0. The van der Waals surface area contributed by atoms with Crippen molar-refractivity contribution >= 4 is 22.6 Å². The van der Waals surface area contributed by atoms with Gasteiger partial charge >= 0.3 is 0 Å². The number of pyridine rings is 1. The number of nitrogens with one attached hydrogen (secondary N) is 1. The average molecular weight is 359 g/mol. The standard InChI is InChI=1S/C22H18FN3O/c1-14-7-9-15(10-8-14)22(27)25-20-12-11-17(21(23)24-20)19-13-16-5-3-4-6-18(16)26(19)2/h3-13H,1-2H3,(H,24,25,27). The zero-order valence-corrected chi connectivity index (χ0v) is 15.0. The summed E-state index contributed by atoms with van der Waals surface area (Å²) in [6.07, 6.45) is 0. The van der Waals surface area contributed by atoms with Gasteiger partial charge in [0, 0.05) is 23.5 Å². The van der Waals surface area contributed by atoms with Crippen LogP contribution in [0.25, 0.3) is 22.2 Å². The van der Waals surface area contributed by atoms with Gasteiger partial charge in [-0.15, -0.1) is 0 Å². The Bertz CT molecular complexity index is 1150. The molecule has 0 atom stereocenters. The lowest BCUT2D eigenvalue weighted by Crippen LogP contribution is -2.13. The molecule has 4 nitrogen and oxygen atoms in total. The second-order valence-corrected chi connectivity index (χ2v) is 6.50. The van der Waals surface area contributed by atoms with Gasteiger partial charge in [-0.25, -0.2) is 4.98 Å². The Balaban J connectivity index is 1.63. The molecule has 0 saturated carbocycles. The Labute approximate surface area is 156 Å². The molecule has 2 aromatic carbocycles. The molecule has 0 aliphatic rings. The smallest absolute Gasteiger partial charge is 0.256 e. The van der Waals surface area contributed by atoms with Crippen LogP contribution in [0.2, 0.25) is 0 Å². The number of para-hydroxylation sites is 1. The third-order valence-corrected chi connectivity index (χ3v) is 4.63. The monoisotopic (exact) mass is 359 g/mol. The summed E-state index contributed by atoms with van der Waals surface area (Å²) in [5, 5.41) is 3.68. The van der Waals surface area contributed by atoms with E-state index in [0.717, 1.165) is 22.2 Å². The molecule has 0 spiro atoms. The molecule has 2 aromatic heterocycles. The van der Waals surface area contributed by atoms with Crippen molar-refractivity contribution in [1.82, 2.24) is 9.55 Å². The van der Waals surface area contributed by atoms with Gasteiger partial charge in [-0.3, -0.25) is 4.79 Å². The van der Waals surface area contributed by atoms with Crippen molar-refractivity contribution < 1.29 is 9.18 Å². The SMILES string of the molecule is Cc1ccc(C(=O)Nc2ccc(-c3cc4ccccc4n3C)c(F)n2)cc1. The van der Waals surface area contributed by atoms with Gasteiger partial charge in [-0.05, 0) is 43.3 Å². The van der Waals surface area contributed by atoms with E-state index in [0.29, 0.717) is 11.1 Å². The van der Waals surface area contributed by atoms with Crippen LogP contribution in [-0.2, 0) is 7.05 Å². The average Bonchev–Trinajstić information content (AvgIpc) is 2.99. The van der Waals surface area contributed by atoms with E-state index in [2.05, 4.69) is 10.3 Å². The summed E-state index contributed by atoms with van der Waals surface area (Å²) < 4.78 is 16.6. The van der Waals surface area contributed by atoms with Gasteiger partial charge in [-0.2, -0.15) is 4.39 Å². The van der Waals surface area contributed by atoms with Gasteiger partial charge in [0.15, 0.2) is 0 Å². The number of aromatic nitrogens is 2. The Morgan fingerprint density at radius 1 is 1.04 bits per heavy atom. The van der Waals surface area contributed by atoms with Gasteiger partial charge < -0.3 is 9.88 Å². The molecule has 4 aromatic rings. The summed E-state index contributed by atoms with van der Waals surface area (Å²) in [5.74, 6) is -0.762. The van der Waals surface area contributed by atoms with E-state index in [1.807, 2.05) is 61.0 Å². The zero-order chi connectivity index (χ0) is 19.0. The summed E-state index contributed by atoms with van der Waals surface area (Å²) in [7, 11) is 1.89. The van der Waals surface area contributed by atoms with E-state index in [1.54, 1.807) is 24.3 Å². The Kier molecular flexibility index (Phi) is 4.20. The first-order valence-corrected chi connectivity index (χ1v) is 8.62. The molecule has 0 aliphatic heterocycles. The lowest BCUT2D eigenvalue weighted by Gasteiger charge is -2.08. The van der Waals surface area contributed by atoms with Crippen molar-refractivity contribution in [2.45, 2.75) is 6.92 Å². The first-order chi connectivity index (χ1) is 13.0. The number of carbonyl (C=O) groups is 1. The van der Waals surface area contributed by atoms with E-state index in [1.165, 1.54) is 0 Å². The highest BCUT2D eigenvalue weighted by molar-refractivity contribution is 6.03. The number of fused-ring (bicyclic) bond motifs is 1. The number of aryl methyl sites for hydroxylation is 2. The first-order valence-electron chi connectivity index (χ1n) is 8.62. The molecule has 1 amide bonds. The van der Waals surface area contributed by atoms with Gasteiger partial charge in [-0.1, -0.05) is 35.9 Å². The van der Waals surface area contributed by atoms with Gasteiger partial charge in [0.05, 0.1) is 11.3 Å². The van der Waals surface area contributed by atoms with Crippen molar-refractivity contribution in [2.75, 3.05) is 5.32 Å². The van der Waals surface area contributed by atoms with Crippen LogP contribution in [0.3, 0.4) is 0 Å². The van der Waals surface area contributed by atoms with Gasteiger partial charge in [0.2, 0.25) is 5.95 Å². The lowest BCUT2D eigenvalue weighted by atomic mass is 10.1. The molecule has 0 aliphatic carbocycles. The predicted octanol–water partition coefficient (Wildman–Crippen LogP) is 4.94. The van der Waals surface area contributed by atoms with Gasteiger partial charge in [0.1, 0.15) is 5.82 Å². The molecular formula is C22H18FN3O. The summed E-state index contributed by atoms with van der Waals surface area (Å²) in [6, 6.07) is 20.2. The van der Waals surface area contributed by atoms with Crippen molar-refractivity contribution in [3.63, 3.8) is 0 Å². The number of hydrogen-bond acceptors (Lipinski definition) is 2. The maximum Gasteiger partial charge on any atom is 0.256 e. The highest BCUT2D eigenvalue weighted by Crippen LogP contribution is 2.29. The number of halogens is 1. The molecule has 27 heavy (non-hydrogen) atoms. The van der Waals surface area contributed by atoms with Crippen molar-refractivity contribution in [3.8, 4) is 11.3 Å². The minimum absolute atomic E-state index is 0.181. The van der Waals surface area contributed by atoms with Crippen LogP contribution in [-0.4, -0.2) is 15.5 Å². The molecular weight excluding hydrogens is 341 g/mol. The molecule has 0 radical (unpaired) electrons. The molecule has 0 bridgehead atoms. The highest BCUT2D eigenvalue weighted by Gasteiger charge is 2.14. The van der Waals surface area contributed by atoms with Crippen molar-refractivity contribution in [3.05, 3.63) is 83.8 Å². The predicted molar refractivity (Wildman–Crippen MR) is 105 cm³/mol. The highest BCUT2D eigenvalue weighted by atomic mass is 19.1. The maximum absolute atomic E-state index is 14.7. The normalized spacial score (nSPS) is 10.9. The fraction of sp³-hybridized carbons (Fsp3) is 0.0909. The number of rotatable bonds is 3. The summed E-state index contributed by atoms with van der Waals surface area (Å²) >= 11 is 0. The molecule has 2 heterocycles. The van der Waals surface area contributed by atoms with E-state index in [9.17, 15) is 9.18 Å². The maximum atomic E-state index is 14.7. The summed E-state index contributed by atoms with van der Waals surface area (Å²) in [4.78, 5) is 16.2. The number of anilines is 1. The third-order valence-electron chi connectivity index (χ3n) is 4.63. The number of nitrogens with zero attached hydrogens (tertiary/aromatic N) is 2. The van der Waals surface area contributed by atoms with Crippen molar-refractivity contribution in [1.29, 1.82) is 0 Å². The second-order valence-electron chi connectivity index (χ2n) is 6.50. The molecule has 5 heteroatoms. The third kappa shape index (κ3) is 3.19. The molecule has 0 unspecified atom stereocenters. The van der Waals surface area contributed by atoms with Crippen LogP contribution < -0.4 is 5.32 Å². The fourth-order valence-corrected chi connectivity index (χ4v) is 3.14. The minimum atomic E-state index is -0.623. The largest absolute Gasteiger partial charge is 0.343 e. The number of amides is 1. The molecule has 0 fully saturated rings. The Hall–Kier alpha value is -3.47. The Morgan fingerprint density at radius 2 is 1.78 bits per heavy atom. The van der Waals surface area contributed by atoms with E-state index >= 15 is 0 Å². The molecule has 4 rings (SSSR count). The summed E-state index contributed by atoms with van der Waals surface area (Å²) in [6.45, 7) is 1.95. The van der Waals surface area contributed by atoms with Crippen LogP contribution in [0.4, 0.5) is 10.2 Å². The molecule has 1 N–H and O–H groups in total. The van der Waals surface area contributed by atoms with Crippen LogP contribution in [0.1, 0.15) is 15.9 Å². The van der Waals surface area contributed by atoms with E-state index < -0.39 is 5.95 Å². The number of hydrogen-bond donors (Lipinski definition) is 1. The van der Waals surface area contributed by atoms with Crippen LogP contribution in [0.15, 0.2) is 66.7 Å². The van der Waals surface area contributed by atoms with Crippen LogP contribution >= 0.6 is 0 Å². The fourth-order valence-electron chi connectivity index (χ4n) is 3.14. The second kappa shape index (κ2) is 6.68. The van der Waals surface area contributed by atoms with Crippen LogP contribution in [0, 0.1) is 12.9 Å². The van der Waals surface area contributed by atoms with Gasteiger partial charge in [0.25, 0.3) is 5.91 Å². The number of benzene rings is 2. The number of carbonyl (C=O) groups excluding carboxylic acids is 1. The first kappa shape index (κ1) is 17.0. The quantitative estimate of drug-likeness (QED) is 0.527. The van der Waals surface area contributed by atoms with Crippen molar-refractivity contribution in [2.24, 2.45) is 7.05 Å². The Morgan fingerprint density at radius 3 is 2.48 bits per heavy atom. The van der Waals surface area contributed by atoms with E-state index in [-0.39, 0.29) is 11.7 Å². The minimum Gasteiger partial charge on any atom is -0.343 e. The molecule has 0 saturated heterocycles. The lowest BCUT2D eigenvalue weighted by molar-refractivity contribution is 0.102. The van der Waals surface area contributed by atoms with E-state index in [4.69, 9.17) is 0 Å². The van der Waals surface area contributed by atoms with Crippen LogP contribution in [0.5, 0.6) is 0 Å². The topological polar surface area (TPSA) is 46.9 Å².